The second kappa shape index (κ2) is 8.16. The lowest BCUT2D eigenvalue weighted by Crippen LogP contribution is -2.58. The van der Waals surface area contributed by atoms with Crippen molar-refractivity contribution in [1.82, 2.24) is 9.88 Å². The van der Waals surface area contributed by atoms with Gasteiger partial charge in [-0.2, -0.15) is 0 Å². The Bertz CT molecular complexity index is 1070. The minimum absolute atomic E-state index is 0.00193. The maximum absolute atomic E-state index is 13.2. The van der Waals surface area contributed by atoms with Gasteiger partial charge >= 0.3 is 0 Å². The summed E-state index contributed by atoms with van der Waals surface area (Å²) < 4.78 is 24.8. The van der Waals surface area contributed by atoms with Crippen molar-refractivity contribution in [1.29, 1.82) is 0 Å². The van der Waals surface area contributed by atoms with Gasteiger partial charge in [-0.05, 0) is 36.4 Å². The van der Waals surface area contributed by atoms with Crippen LogP contribution in [0, 0.1) is 5.82 Å². The summed E-state index contributed by atoms with van der Waals surface area (Å²) in [6.45, 7) is 0.768. The molecule has 0 spiro atoms. The van der Waals surface area contributed by atoms with Crippen molar-refractivity contribution in [3.8, 4) is 5.75 Å². The van der Waals surface area contributed by atoms with Crippen LogP contribution < -0.4 is 10.5 Å². The Morgan fingerprint density at radius 3 is 2.77 bits per heavy atom. The zero-order valence-electron chi connectivity index (χ0n) is 16.3. The molecule has 156 valence electrons. The molecule has 2 aromatic carbocycles. The minimum atomic E-state index is -1.09. The summed E-state index contributed by atoms with van der Waals surface area (Å²) in [6.07, 6.45) is 1.68. The summed E-state index contributed by atoms with van der Waals surface area (Å²) in [4.78, 5) is 29.7. The molecule has 7 nitrogen and oxygen atoms in total. The molecule has 1 aliphatic heterocycles. The van der Waals surface area contributed by atoms with E-state index in [2.05, 4.69) is 4.98 Å². The molecule has 8 heteroatoms. The molecule has 3 aromatic rings. The van der Waals surface area contributed by atoms with Crippen LogP contribution in [0.1, 0.15) is 16.8 Å². The number of carbonyl (C=O) groups is 2. The lowest BCUT2D eigenvalue weighted by atomic mass is 9.96. The lowest BCUT2D eigenvalue weighted by molar-refractivity contribution is -0.142. The van der Waals surface area contributed by atoms with Crippen LogP contribution in [0.5, 0.6) is 5.75 Å². The first-order chi connectivity index (χ1) is 14.5. The number of morpholine rings is 1. The van der Waals surface area contributed by atoms with Gasteiger partial charge in [0.1, 0.15) is 23.8 Å². The van der Waals surface area contributed by atoms with Crippen molar-refractivity contribution in [3.05, 3.63) is 66.1 Å². The standard InChI is InChI=1S/C22H22FN3O4/c23-16-4-6-17(7-5-16)29-14-22(12-19(24)27)13-26(10-11-30-22)21(28)18-3-1-2-15-8-9-25-20(15)18/h1-9,25H,10-14H2,(H2,24,27)/t22-/m0/s1. The van der Waals surface area contributed by atoms with Gasteiger partial charge in [0, 0.05) is 18.1 Å². The fourth-order valence-corrected chi connectivity index (χ4v) is 3.76. The van der Waals surface area contributed by atoms with Crippen molar-refractivity contribution < 1.29 is 23.5 Å². The van der Waals surface area contributed by atoms with Crippen molar-refractivity contribution in [2.75, 3.05) is 26.3 Å². The highest BCUT2D eigenvalue weighted by atomic mass is 19.1. The number of amides is 2. The van der Waals surface area contributed by atoms with Gasteiger partial charge in [0.25, 0.3) is 5.91 Å². The summed E-state index contributed by atoms with van der Waals surface area (Å²) in [5.41, 5.74) is 5.68. The predicted molar refractivity (Wildman–Crippen MR) is 109 cm³/mol. The number of nitrogens with two attached hydrogens (primary N) is 1. The number of H-pyrrole nitrogens is 1. The van der Waals surface area contributed by atoms with E-state index in [1.807, 2.05) is 18.2 Å². The maximum atomic E-state index is 13.2. The van der Waals surface area contributed by atoms with Gasteiger partial charge in [0.15, 0.2) is 0 Å². The molecule has 3 N–H and O–H groups in total. The second-order valence-electron chi connectivity index (χ2n) is 7.39. The predicted octanol–water partition coefficient (Wildman–Crippen LogP) is 2.47. The highest BCUT2D eigenvalue weighted by Crippen LogP contribution is 2.27. The van der Waals surface area contributed by atoms with Gasteiger partial charge in [-0.15, -0.1) is 0 Å². The number of rotatable bonds is 6. The van der Waals surface area contributed by atoms with E-state index in [-0.39, 0.29) is 37.9 Å². The number of aromatic amines is 1. The molecule has 1 atom stereocenters. The first-order valence-electron chi connectivity index (χ1n) is 9.62. The molecular weight excluding hydrogens is 389 g/mol. The molecule has 30 heavy (non-hydrogen) atoms. The van der Waals surface area contributed by atoms with E-state index < -0.39 is 11.5 Å². The van der Waals surface area contributed by atoms with Crippen molar-refractivity contribution >= 4 is 22.7 Å². The Morgan fingerprint density at radius 2 is 2.00 bits per heavy atom. The molecular formula is C22H22FN3O4. The van der Waals surface area contributed by atoms with Gasteiger partial charge in [0.05, 0.1) is 30.7 Å². The van der Waals surface area contributed by atoms with Crippen LogP contribution >= 0.6 is 0 Å². The summed E-state index contributed by atoms with van der Waals surface area (Å²) >= 11 is 0. The first kappa shape index (κ1) is 19.9. The number of nitrogens with one attached hydrogen (secondary N) is 1. The van der Waals surface area contributed by atoms with E-state index in [1.54, 1.807) is 17.2 Å². The zero-order valence-corrected chi connectivity index (χ0v) is 16.3. The van der Waals surface area contributed by atoms with Gasteiger partial charge in [-0.1, -0.05) is 12.1 Å². The molecule has 2 amide bonds. The number of hydrogen-bond donors (Lipinski definition) is 2. The Hall–Kier alpha value is -3.39. The number of benzene rings is 2. The summed E-state index contributed by atoms with van der Waals surface area (Å²) in [5.74, 6) is -0.665. The van der Waals surface area contributed by atoms with Crippen LogP contribution in [-0.4, -0.2) is 53.6 Å². The molecule has 1 fully saturated rings. The largest absolute Gasteiger partial charge is 0.490 e. The van der Waals surface area contributed by atoms with Gasteiger partial charge < -0.3 is 25.1 Å². The highest BCUT2D eigenvalue weighted by molar-refractivity contribution is 6.05. The molecule has 1 aromatic heterocycles. The number of primary amides is 1. The molecule has 1 aliphatic rings. The van der Waals surface area contributed by atoms with Crippen LogP contribution in [0.25, 0.3) is 10.9 Å². The third-order valence-corrected chi connectivity index (χ3v) is 5.17. The van der Waals surface area contributed by atoms with Crippen LogP contribution in [0.4, 0.5) is 4.39 Å². The Balaban J connectivity index is 1.55. The number of ether oxygens (including phenoxy) is 2. The van der Waals surface area contributed by atoms with E-state index in [4.69, 9.17) is 15.2 Å². The number of para-hydroxylation sites is 1. The molecule has 2 heterocycles. The van der Waals surface area contributed by atoms with E-state index in [9.17, 15) is 14.0 Å². The third kappa shape index (κ3) is 4.13. The molecule has 1 saturated heterocycles. The van der Waals surface area contributed by atoms with Crippen molar-refractivity contribution in [3.63, 3.8) is 0 Å². The number of aromatic nitrogens is 1. The molecule has 0 saturated carbocycles. The topological polar surface area (TPSA) is 97.7 Å². The van der Waals surface area contributed by atoms with E-state index >= 15 is 0 Å². The SMILES string of the molecule is NC(=O)C[C@@]1(COc2ccc(F)cc2)CN(C(=O)c2cccc3cc[nH]c23)CCO1. The average Bonchev–Trinajstić information content (AvgIpc) is 3.21. The molecule has 0 unspecified atom stereocenters. The van der Waals surface area contributed by atoms with Crippen LogP contribution in [0.2, 0.25) is 0 Å². The van der Waals surface area contributed by atoms with Crippen molar-refractivity contribution in [2.24, 2.45) is 5.73 Å². The van der Waals surface area contributed by atoms with E-state index in [1.165, 1.54) is 24.3 Å². The fraction of sp³-hybridized carbons (Fsp3) is 0.273. The highest BCUT2D eigenvalue weighted by Gasteiger charge is 2.41. The smallest absolute Gasteiger partial charge is 0.256 e. The number of hydrogen-bond acceptors (Lipinski definition) is 4. The average molecular weight is 411 g/mol. The number of fused-ring (bicyclic) bond motifs is 1. The van der Waals surface area contributed by atoms with E-state index in [0.717, 1.165) is 10.9 Å². The van der Waals surface area contributed by atoms with Crippen LogP contribution in [-0.2, 0) is 9.53 Å². The second-order valence-corrected chi connectivity index (χ2v) is 7.39. The maximum Gasteiger partial charge on any atom is 0.256 e. The van der Waals surface area contributed by atoms with Crippen LogP contribution in [0.3, 0.4) is 0 Å². The number of carbonyl (C=O) groups excluding carboxylic acids is 2. The van der Waals surface area contributed by atoms with Crippen LogP contribution in [0.15, 0.2) is 54.7 Å². The normalized spacial score (nSPS) is 19.0. The van der Waals surface area contributed by atoms with Gasteiger partial charge in [-0.25, -0.2) is 4.39 Å². The number of nitrogens with zero attached hydrogens (tertiary/aromatic N) is 1. The van der Waals surface area contributed by atoms with Gasteiger partial charge in [-0.3, -0.25) is 9.59 Å². The third-order valence-electron chi connectivity index (χ3n) is 5.17. The van der Waals surface area contributed by atoms with Gasteiger partial charge in [0.2, 0.25) is 5.91 Å². The molecule has 0 aliphatic carbocycles. The lowest BCUT2D eigenvalue weighted by Gasteiger charge is -2.42. The Kier molecular flexibility index (Phi) is 5.41. The summed E-state index contributed by atoms with van der Waals surface area (Å²) in [7, 11) is 0. The molecule has 0 radical (unpaired) electrons. The Morgan fingerprint density at radius 1 is 1.20 bits per heavy atom. The van der Waals surface area contributed by atoms with E-state index in [0.29, 0.717) is 17.9 Å². The quantitative estimate of drug-likeness (QED) is 0.651. The monoisotopic (exact) mass is 411 g/mol. The fourth-order valence-electron chi connectivity index (χ4n) is 3.76. The minimum Gasteiger partial charge on any atom is -0.490 e. The summed E-state index contributed by atoms with van der Waals surface area (Å²) in [6, 6.07) is 13.0. The summed E-state index contributed by atoms with van der Waals surface area (Å²) in [5, 5.41) is 0.942. The molecule has 4 rings (SSSR count). The molecule has 0 bridgehead atoms. The Labute approximate surface area is 172 Å². The van der Waals surface area contributed by atoms with Crippen molar-refractivity contribution in [2.45, 2.75) is 12.0 Å². The first-order valence-corrected chi connectivity index (χ1v) is 9.62. The number of halogens is 1. The zero-order chi connectivity index (χ0) is 21.1.